The van der Waals surface area contributed by atoms with Crippen molar-refractivity contribution < 1.29 is 14.4 Å². The predicted molar refractivity (Wildman–Crippen MR) is 119 cm³/mol. The summed E-state index contributed by atoms with van der Waals surface area (Å²) in [4.78, 5) is 38.5. The highest BCUT2D eigenvalue weighted by molar-refractivity contribution is 5.95. The predicted octanol–water partition coefficient (Wildman–Crippen LogP) is 3.58. The molecule has 0 heterocycles. The number of amides is 4. The summed E-state index contributed by atoms with van der Waals surface area (Å²) in [5, 5.41) is 8.72. The number of carbonyl (C=O) groups excluding carboxylic acids is 3. The van der Waals surface area contributed by atoms with Crippen LogP contribution in [0.2, 0.25) is 0 Å². The molecule has 0 aliphatic heterocycles. The van der Waals surface area contributed by atoms with E-state index in [4.69, 9.17) is 0 Å². The van der Waals surface area contributed by atoms with E-state index in [1.54, 1.807) is 4.90 Å². The molecule has 0 bridgehead atoms. The van der Waals surface area contributed by atoms with Gasteiger partial charge < -0.3 is 20.9 Å². The minimum atomic E-state index is -0.198. The third-order valence-corrected chi connectivity index (χ3v) is 5.39. The van der Waals surface area contributed by atoms with E-state index in [1.165, 1.54) is 19.3 Å². The zero-order valence-electron chi connectivity index (χ0n) is 18.3. The molecule has 7 nitrogen and oxygen atoms in total. The molecule has 1 aromatic rings. The summed E-state index contributed by atoms with van der Waals surface area (Å²) in [6.07, 6.45) is 7.32. The third-order valence-electron chi connectivity index (χ3n) is 5.39. The van der Waals surface area contributed by atoms with Crippen LogP contribution in [0.1, 0.15) is 63.9 Å². The third kappa shape index (κ3) is 8.43. The smallest absolute Gasteiger partial charge is 0.315 e. The van der Waals surface area contributed by atoms with E-state index >= 15 is 0 Å². The lowest BCUT2D eigenvalue weighted by molar-refractivity contribution is -0.134. The first-order chi connectivity index (χ1) is 14.5. The molecular weight excluding hydrogens is 380 g/mol. The van der Waals surface area contributed by atoms with Crippen LogP contribution in [0, 0.1) is 6.92 Å². The number of nitrogens with one attached hydrogen (secondary N) is 3. The summed E-state index contributed by atoms with van der Waals surface area (Å²) in [6.45, 7) is 4.94. The highest BCUT2D eigenvalue weighted by atomic mass is 16.2. The Morgan fingerprint density at radius 2 is 1.83 bits per heavy atom. The second-order valence-corrected chi connectivity index (χ2v) is 8.02. The minimum absolute atomic E-state index is 0.0383. The van der Waals surface area contributed by atoms with Gasteiger partial charge in [0.1, 0.15) is 0 Å². The normalized spacial score (nSPS) is 14.1. The van der Waals surface area contributed by atoms with E-state index < -0.39 is 0 Å². The van der Waals surface area contributed by atoms with E-state index in [-0.39, 0.29) is 30.4 Å². The number of hydrogen-bond donors (Lipinski definition) is 3. The average molecular weight is 417 g/mol. The molecule has 1 aromatic carbocycles. The van der Waals surface area contributed by atoms with Gasteiger partial charge in [-0.25, -0.2) is 4.79 Å². The van der Waals surface area contributed by atoms with Crippen LogP contribution in [0.3, 0.4) is 0 Å². The molecule has 1 aliphatic carbocycles. The Balaban J connectivity index is 1.70. The molecule has 0 spiro atoms. The summed E-state index contributed by atoms with van der Waals surface area (Å²) < 4.78 is 0. The molecule has 4 amide bonds. The van der Waals surface area contributed by atoms with Gasteiger partial charge in [-0.3, -0.25) is 9.59 Å². The van der Waals surface area contributed by atoms with Crippen molar-refractivity contribution in [1.29, 1.82) is 0 Å². The van der Waals surface area contributed by atoms with Gasteiger partial charge in [-0.15, -0.1) is 0 Å². The van der Waals surface area contributed by atoms with Crippen molar-refractivity contribution in [3.05, 3.63) is 29.8 Å². The number of aryl methyl sites for hydroxylation is 1. The lowest BCUT2D eigenvalue weighted by Gasteiger charge is -2.23. The van der Waals surface area contributed by atoms with Crippen molar-refractivity contribution >= 4 is 23.5 Å². The Morgan fingerprint density at radius 1 is 1.10 bits per heavy atom. The largest absolute Gasteiger partial charge is 0.338 e. The number of urea groups is 1. The maximum Gasteiger partial charge on any atom is 0.315 e. The van der Waals surface area contributed by atoms with E-state index in [0.29, 0.717) is 25.9 Å². The molecule has 166 valence electrons. The number of benzene rings is 1. The lowest BCUT2D eigenvalue weighted by atomic mass is 9.96. The number of para-hydroxylation sites is 1. The topological polar surface area (TPSA) is 90.5 Å². The van der Waals surface area contributed by atoms with Crippen LogP contribution in [-0.2, 0) is 9.59 Å². The van der Waals surface area contributed by atoms with Gasteiger partial charge in [0.25, 0.3) is 0 Å². The van der Waals surface area contributed by atoms with Crippen molar-refractivity contribution in [1.82, 2.24) is 15.5 Å². The molecule has 1 saturated carbocycles. The molecule has 0 atom stereocenters. The van der Waals surface area contributed by atoms with Crippen LogP contribution < -0.4 is 16.0 Å². The second-order valence-electron chi connectivity index (χ2n) is 8.02. The zero-order chi connectivity index (χ0) is 21.8. The van der Waals surface area contributed by atoms with E-state index in [0.717, 1.165) is 30.5 Å². The summed E-state index contributed by atoms with van der Waals surface area (Å²) in [7, 11) is 0. The summed E-state index contributed by atoms with van der Waals surface area (Å²) in [5.41, 5.74) is 1.75. The summed E-state index contributed by atoms with van der Waals surface area (Å²) in [6, 6.07) is 7.69. The Kier molecular flexibility index (Phi) is 10.2. The Bertz CT molecular complexity index is 701. The van der Waals surface area contributed by atoms with Gasteiger partial charge in [-0.2, -0.15) is 0 Å². The molecule has 2 rings (SSSR count). The number of hydrogen-bond acceptors (Lipinski definition) is 3. The zero-order valence-corrected chi connectivity index (χ0v) is 18.3. The fourth-order valence-corrected chi connectivity index (χ4v) is 3.72. The van der Waals surface area contributed by atoms with Gasteiger partial charge in [0.2, 0.25) is 11.8 Å². The Morgan fingerprint density at radius 3 is 2.53 bits per heavy atom. The molecule has 0 unspecified atom stereocenters. The Labute approximate surface area is 180 Å². The highest BCUT2D eigenvalue weighted by Gasteiger charge is 2.18. The van der Waals surface area contributed by atoms with Gasteiger partial charge in [-0.1, -0.05) is 44.4 Å². The molecule has 0 saturated heterocycles. The maximum absolute atomic E-state index is 12.6. The van der Waals surface area contributed by atoms with Crippen LogP contribution in [0.25, 0.3) is 0 Å². The average Bonchev–Trinajstić information content (AvgIpc) is 2.73. The van der Waals surface area contributed by atoms with E-state index in [2.05, 4.69) is 16.0 Å². The highest BCUT2D eigenvalue weighted by Crippen LogP contribution is 2.17. The minimum Gasteiger partial charge on any atom is -0.338 e. The number of rotatable bonds is 10. The molecule has 3 N–H and O–H groups in total. The van der Waals surface area contributed by atoms with Crippen LogP contribution in [0.15, 0.2) is 24.3 Å². The second kappa shape index (κ2) is 12.9. The lowest BCUT2D eigenvalue weighted by Crippen LogP contribution is -2.43. The standard InChI is InChI=1S/C23H36N4O3/c1-3-16-27(17-21(28)26-20-13-8-7-10-18(20)2)22(29)14-9-15-24-23(30)25-19-11-5-4-6-12-19/h7-8,10,13,19H,3-6,9,11-12,14-17H2,1-2H3,(H,26,28)(H2,24,25,30). The molecule has 0 aromatic heterocycles. The fourth-order valence-electron chi connectivity index (χ4n) is 3.72. The molecule has 7 heteroatoms. The van der Waals surface area contributed by atoms with Gasteiger partial charge >= 0.3 is 6.03 Å². The summed E-state index contributed by atoms with van der Waals surface area (Å²) in [5.74, 6) is -0.262. The first-order valence-electron chi connectivity index (χ1n) is 11.2. The fraction of sp³-hybridized carbons (Fsp3) is 0.609. The van der Waals surface area contributed by atoms with Crippen molar-refractivity contribution in [2.75, 3.05) is 25.0 Å². The van der Waals surface area contributed by atoms with E-state index in [9.17, 15) is 14.4 Å². The summed E-state index contributed by atoms with van der Waals surface area (Å²) >= 11 is 0. The van der Waals surface area contributed by atoms with Crippen molar-refractivity contribution in [3.8, 4) is 0 Å². The first kappa shape index (κ1) is 23.7. The SMILES string of the molecule is CCCN(CC(=O)Nc1ccccc1C)C(=O)CCCNC(=O)NC1CCCCC1. The number of carbonyl (C=O) groups is 3. The first-order valence-corrected chi connectivity index (χ1v) is 11.2. The van der Waals surface area contributed by atoms with Gasteiger partial charge in [0.05, 0.1) is 6.54 Å². The molecule has 0 radical (unpaired) electrons. The van der Waals surface area contributed by atoms with Gasteiger partial charge in [-0.05, 0) is 44.2 Å². The maximum atomic E-state index is 12.6. The molecule has 1 fully saturated rings. The van der Waals surface area contributed by atoms with Crippen LogP contribution in [0.4, 0.5) is 10.5 Å². The molecular formula is C23H36N4O3. The number of nitrogens with zero attached hydrogens (tertiary/aromatic N) is 1. The van der Waals surface area contributed by atoms with Crippen LogP contribution >= 0.6 is 0 Å². The van der Waals surface area contributed by atoms with Crippen molar-refractivity contribution in [2.24, 2.45) is 0 Å². The number of anilines is 1. The molecule has 30 heavy (non-hydrogen) atoms. The van der Waals surface area contributed by atoms with Crippen LogP contribution in [0.5, 0.6) is 0 Å². The van der Waals surface area contributed by atoms with Crippen molar-refractivity contribution in [3.63, 3.8) is 0 Å². The molecule has 1 aliphatic rings. The van der Waals surface area contributed by atoms with Gasteiger partial charge in [0, 0.05) is 31.2 Å². The quantitative estimate of drug-likeness (QED) is 0.509. The van der Waals surface area contributed by atoms with E-state index in [1.807, 2.05) is 38.1 Å². The van der Waals surface area contributed by atoms with Gasteiger partial charge in [0.15, 0.2) is 0 Å². The monoisotopic (exact) mass is 416 g/mol. The van der Waals surface area contributed by atoms with Crippen molar-refractivity contribution in [2.45, 2.75) is 71.3 Å². The Hall–Kier alpha value is -2.57. The van der Waals surface area contributed by atoms with Crippen LogP contribution in [-0.4, -0.2) is 48.4 Å².